The first kappa shape index (κ1) is 43.4. The van der Waals surface area contributed by atoms with Crippen LogP contribution in [0.2, 0.25) is 0 Å². The van der Waals surface area contributed by atoms with Gasteiger partial charge in [-0.05, 0) is 95.3 Å². The number of fused-ring (bicyclic) bond motifs is 2. The molecule has 2 heterocycles. The van der Waals surface area contributed by atoms with Gasteiger partial charge in [0.15, 0.2) is 5.71 Å². The van der Waals surface area contributed by atoms with Gasteiger partial charge in [-0.15, -0.1) is 0 Å². The van der Waals surface area contributed by atoms with Crippen molar-refractivity contribution < 1.29 is 50.3 Å². The maximum atomic E-state index is 12.1. The van der Waals surface area contributed by atoms with Gasteiger partial charge in [-0.2, -0.15) is 21.4 Å². The lowest BCUT2D eigenvalue weighted by Crippen LogP contribution is -2.31. The smallest absolute Gasteiger partial charge is 0.303 e. The van der Waals surface area contributed by atoms with Gasteiger partial charge in [-0.1, -0.05) is 56.1 Å². The van der Waals surface area contributed by atoms with Crippen molar-refractivity contribution in [1.29, 1.82) is 0 Å². The minimum absolute atomic E-state index is 0.0823. The number of unbranched alkanes of at least 4 members (excludes halogenated alkanes) is 4. The number of rotatable bonds is 20. The number of carbonyl (C=O) groups is 2. The number of nitrogens with zero attached hydrogens (tertiary/aromatic N) is 2. The third-order valence-electron chi connectivity index (χ3n) is 10.7. The molecule has 12 nitrogen and oxygen atoms in total. The molecular weight excluding hydrogens is 745 g/mol. The van der Waals surface area contributed by atoms with Crippen LogP contribution in [0.3, 0.4) is 0 Å². The van der Waals surface area contributed by atoms with Crippen LogP contribution in [0.1, 0.15) is 103 Å². The van der Waals surface area contributed by atoms with Gasteiger partial charge in [-0.25, -0.2) is 0 Å². The van der Waals surface area contributed by atoms with Crippen molar-refractivity contribution in [2.75, 3.05) is 18.0 Å². The third-order valence-corrected chi connectivity index (χ3v) is 12.4. The summed E-state index contributed by atoms with van der Waals surface area (Å²) in [6.45, 7) is 9.33. The minimum Gasteiger partial charge on any atom is -0.481 e. The van der Waals surface area contributed by atoms with Crippen LogP contribution in [0, 0.1) is 0 Å². The molecule has 4 N–H and O–H groups in total. The van der Waals surface area contributed by atoms with Gasteiger partial charge in [0.25, 0.3) is 20.2 Å². The van der Waals surface area contributed by atoms with Gasteiger partial charge in [-0.3, -0.25) is 18.7 Å². The Morgan fingerprint density at radius 2 is 1.24 bits per heavy atom. The molecule has 14 heteroatoms. The van der Waals surface area contributed by atoms with E-state index in [4.69, 9.17) is 10.2 Å². The molecule has 2 aliphatic rings. The van der Waals surface area contributed by atoms with Crippen LogP contribution in [0.5, 0.6) is 0 Å². The highest BCUT2D eigenvalue weighted by Crippen LogP contribution is 2.51. The second-order valence-corrected chi connectivity index (χ2v) is 17.3. The van der Waals surface area contributed by atoms with Crippen LogP contribution in [0.15, 0.2) is 94.4 Å². The lowest BCUT2D eigenvalue weighted by molar-refractivity contribution is -0.433. The predicted molar refractivity (Wildman–Crippen MR) is 213 cm³/mol. The zero-order valence-electron chi connectivity index (χ0n) is 31.9. The first-order valence-corrected chi connectivity index (χ1v) is 21.6. The van der Waals surface area contributed by atoms with Gasteiger partial charge >= 0.3 is 11.9 Å². The molecule has 298 valence electrons. The Bertz CT molecular complexity index is 2150. The molecule has 2 aromatic carbocycles. The van der Waals surface area contributed by atoms with Crippen LogP contribution < -0.4 is 4.90 Å². The number of carboxylic acid groups (broad SMARTS) is 2. The lowest BCUT2D eigenvalue weighted by Gasteiger charge is -2.30. The second-order valence-electron chi connectivity index (χ2n) is 14.4. The van der Waals surface area contributed by atoms with Crippen LogP contribution in [0.4, 0.5) is 11.4 Å². The van der Waals surface area contributed by atoms with E-state index in [2.05, 4.69) is 9.48 Å². The van der Waals surface area contributed by atoms with Crippen molar-refractivity contribution in [3.63, 3.8) is 0 Å². The standard InChI is InChI=1S/C41H52N2O10S2/c1-5-42-34-24-22-30(54(48,49)50)28-32(34)40(3,26-16-10-14-20-38(44)45)36(42)18-12-8-7-9-13-19-37-41(4,27-17-11-15-21-39(46)47)33-29-31(55(51,52)53)23-25-35(33)43(37)6-2/h7-9,12-13,18-19,22-25,28-29H,5-6,10-11,14-17,20-21,26-27H2,1-4H3,(H3-,44,45,46,47,48,49,50,51,52,53)/p+1. The first-order valence-electron chi connectivity index (χ1n) is 18.7. The summed E-state index contributed by atoms with van der Waals surface area (Å²) >= 11 is 0. The van der Waals surface area contributed by atoms with Crippen LogP contribution in [0.25, 0.3) is 0 Å². The topological polar surface area (TPSA) is 190 Å². The summed E-state index contributed by atoms with van der Waals surface area (Å²) in [5.41, 5.74) is 3.97. The van der Waals surface area contributed by atoms with E-state index in [1.807, 2.05) is 70.2 Å². The summed E-state index contributed by atoms with van der Waals surface area (Å²) in [4.78, 5) is 23.9. The van der Waals surface area contributed by atoms with E-state index >= 15 is 0 Å². The summed E-state index contributed by atoms with van der Waals surface area (Å²) < 4.78 is 70.1. The van der Waals surface area contributed by atoms with Crippen molar-refractivity contribution in [1.82, 2.24) is 0 Å². The van der Waals surface area contributed by atoms with E-state index in [0.717, 1.165) is 46.8 Å². The molecule has 4 rings (SSSR count). The van der Waals surface area contributed by atoms with E-state index in [1.165, 1.54) is 24.3 Å². The van der Waals surface area contributed by atoms with Gasteiger partial charge in [0, 0.05) is 53.9 Å². The van der Waals surface area contributed by atoms with Gasteiger partial charge < -0.3 is 15.1 Å². The monoisotopic (exact) mass is 797 g/mol. The largest absolute Gasteiger partial charge is 0.481 e. The Kier molecular flexibility index (Phi) is 14.2. The molecule has 2 atom stereocenters. The van der Waals surface area contributed by atoms with Crippen LogP contribution in [-0.2, 0) is 40.7 Å². The Morgan fingerprint density at radius 3 is 1.78 bits per heavy atom. The number of hydrogen-bond acceptors (Lipinski definition) is 7. The Labute approximate surface area is 324 Å². The fourth-order valence-corrected chi connectivity index (χ4v) is 8.95. The molecular formula is C41H53N2O10S2+. The number of allylic oxidation sites excluding steroid dienone is 8. The molecule has 0 aliphatic carbocycles. The number of anilines is 1. The molecule has 0 bridgehead atoms. The summed E-state index contributed by atoms with van der Waals surface area (Å²) in [5, 5.41) is 18.1. The summed E-state index contributed by atoms with van der Waals surface area (Å²) in [7, 11) is -8.86. The second kappa shape index (κ2) is 18.1. The van der Waals surface area contributed by atoms with Crippen molar-refractivity contribution in [2.45, 2.75) is 113 Å². The molecule has 2 aromatic rings. The number of hydrogen-bond donors (Lipinski definition) is 4. The molecule has 0 amide bonds. The van der Waals surface area contributed by atoms with Crippen molar-refractivity contribution in [2.24, 2.45) is 0 Å². The predicted octanol–water partition coefficient (Wildman–Crippen LogP) is 7.98. The molecule has 2 aliphatic heterocycles. The SMILES string of the molecule is CCN1\C(=C/C=C/C=C/C=C/C2=[N+](CC)c3ccc(S(=O)(=O)O)cc3C2(C)CCCCCC(=O)O)C(C)(CCCCCC(=O)O)c2cc(S(=O)(=O)O)ccc21. The fourth-order valence-electron chi connectivity index (χ4n) is 7.94. The number of carboxylic acids is 2. The highest BCUT2D eigenvalue weighted by molar-refractivity contribution is 7.86. The molecule has 0 saturated carbocycles. The fraction of sp³-hybridized carbons (Fsp3) is 0.439. The molecule has 2 unspecified atom stereocenters. The first-order chi connectivity index (χ1) is 25.9. The number of aliphatic carboxylic acids is 2. The van der Waals surface area contributed by atoms with Crippen LogP contribution >= 0.6 is 0 Å². The van der Waals surface area contributed by atoms with E-state index in [0.29, 0.717) is 51.6 Å². The van der Waals surface area contributed by atoms with Crippen molar-refractivity contribution in [3.8, 4) is 0 Å². The Morgan fingerprint density at radius 1 is 0.709 bits per heavy atom. The highest BCUT2D eigenvalue weighted by Gasteiger charge is 2.47. The van der Waals surface area contributed by atoms with Crippen molar-refractivity contribution >= 4 is 49.3 Å². The Balaban J connectivity index is 1.61. The average Bonchev–Trinajstić information content (AvgIpc) is 3.49. The highest BCUT2D eigenvalue weighted by atomic mass is 32.2. The van der Waals surface area contributed by atoms with E-state index in [-0.39, 0.29) is 22.6 Å². The summed E-state index contributed by atoms with van der Waals surface area (Å²) in [5.74, 6) is -1.69. The van der Waals surface area contributed by atoms with E-state index in [9.17, 15) is 35.5 Å². The normalized spacial score (nSPS) is 20.8. The van der Waals surface area contributed by atoms with Gasteiger partial charge in [0.1, 0.15) is 6.54 Å². The van der Waals surface area contributed by atoms with Gasteiger partial charge in [0.2, 0.25) is 5.69 Å². The molecule has 0 radical (unpaired) electrons. The van der Waals surface area contributed by atoms with Gasteiger partial charge in [0.05, 0.1) is 15.2 Å². The van der Waals surface area contributed by atoms with E-state index in [1.54, 1.807) is 12.1 Å². The van der Waals surface area contributed by atoms with E-state index < -0.39 is 43.0 Å². The van der Waals surface area contributed by atoms with Crippen molar-refractivity contribution in [3.05, 3.63) is 95.8 Å². The molecule has 0 aromatic heterocycles. The molecule has 0 fully saturated rings. The third kappa shape index (κ3) is 10.1. The number of likely N-dealkylation sites (N-methyl/N-ethyl adjacent to an activating group) is 1. The molecule has 0 spiro atoms. The number of benzene rings is 2. The average molecular weight is 798 g/mol. The van der Waals surface area contributed by atoms with Crippen LogP contribution in [-0.4, -0.2) is 71.5 Å². The zero-order valence-corrected chi connectivity index (χ0v) is 33.6. The molecule has 55 heavy (non-hydrogen) atoms. The molecule has 0 saturated heterocycles. The lowest BCUT2D eigenvalue weighted by atomic mass is 9.75. The quantitative estimate of drug-likeness (QED) is 0.0440. The zero-order chi connectivity index (χ0) is 40.6. The maximum absolute atomic E-state index is 12.1. The maximum Gasteiger partial charge on any atom is 0.303 e. The summed E-state index contributed by atoms with van der Waals surface area (Å²) in [6, 6.07) is 9.29. The summed E-state index contributed by atoms with van der Waals surface area (Å²) in [6.07, 6.45) is 18.8. The Hall–Kier alpha value is -4.37. The minimum atomic E-state index is -4.43.